The minimum Gasteiger partial charge on any atom is -0.291 e. The zero-order valence-electron chi connectivity index (χ0n) is 11.4. The van der Waals surface area contributed by atoms with Gasteiger partial charge in [-0.25, -0.2) is 9.97 Å². The lowest BCUT2D eigenvalue weighted by atomic mass is 9.99. The fraction of sp³-hybridized carbons (Fsp3) is 0.714. The van der Waals surface area contributed by atoms with Crippen LogP contribution in [0, 0.1) is 13.8 Å². The number of rotatable bonds is 2. The summed E-state index contributed by atoms with van der Waals surface area (Å²) >= 11 is 0. The van der Waals surface area contributed by atoms with Crippen molar-refractivity contribution in [2.24, 2.45) is 0 Å². The molecular weight excluding hydrogens is 210 g/mol. The van der Waals surface area contributed by atoms with Gasteiger partial charge in [0.05, 0.1) is 6.04 Å². The minimum absolute atomic E-state index is 0.419. The number of aromatic nitrogens is 2. The molecule has 0 radical (unpaired) electrons. The molecule has 3 nitrogen and oxygen atoms in total. The van der Waals surface area contributed by atoms with Crippen LogP contribution in [0.25, 0.3) is 0 Å². The summed E-state index contributed by atoms with van der Waals surface area (Å²) in [5, 5.41) is 0. The van der Waals surface area contributed by atoms with Gasteiger partial charge in [0.25, 0.3) is 0 Å². The third-order valence-corrected chi connectivity index (χ3v) is 3.51. The number of nitrogens with zero attached hydrogens (tertiary/aromatic N) is 3. The van der Waals surface area contributed by atoms with E-state index in [0.717, 1.165) is 17.2 Å². The Morgan fingerprint density at radius 1 is 1.18 bits per heavy atom. The molecule has 0 spiro atoms. The van der Waals surface area contributed by atoms with Gasteiger partial charge >= 0.3 is 0 Å². The molecule has 2 rings (SSSR count). The Hall–Kier alpha value is -0.960. The average molecular weight is 233 g/mol. The molecule has 1 saturated heterocycles. The van der Waals surface area contributed by atoms with Crippen LogP contribution in [0.3, 0.4) is 0 Å². The van der Waals surface area contributed by atoms with E-state index in [0.29, 0.717) is 12.1 Å². The third kappa shape index (κ3) is 2.83. The molecule has 0 saturated carbocycles. The highest BCUT2D eigenvalue weighted by atomic mass is 15.2. The zero-order chi connectivity index (χ0) is 12.4. The van der Waals surface area contributed by atoms with E-state index in [-0.39, 0.29) is 0 Å². The molecule has 1 aromatic heterocycles. The van der Waals surface area contributed by atoms with E-state index in [1.165, 1.54) is 25.8 Å². The lowest BCUT2D eigenvalue weighted by molar-refractivity contribution is 0.106. The summed E-state index contributed by atoms with van der Waals surface area (Å²) in [5.41, 5.74) is 2.17. The van der Waals surface area contributed by atoms with Crippen LogP contribution >= 0.6 is 0 Å². The van der Waals surface area contributed by atoms with Crippen LogP contribution in [0.4, 0.5) is 0 Å². The first kappa shape index (κ1) is 12.5. The number of aryl methyl sites for hydroxylation is 2. The van der Waals surface area contributed by atoms with E-state index in [9.17, 15) is 0 Å². The molecule has 0 aromatic carbocycles. The summed E-state index contributed by atoms with van der Waals surface area (Å²) in [6.45, 7) is 9.82. The topological polar surface area (TPSA) is 29.0 Å². The van der Waals surface area contributed by atoms with Gasteiger partial charge in [-0.15, -0.1) is 0 Å². The van der Waals surface area contributed by atoms with E-state index in [2.05, 4.69) is 42.6 Å². The summed E-state index contributed by atoms with van der Waals surface area (Å²) in [7, 11) is 0. The highest BCUT2D eigenvalue weighted by molar-refractivity contribution is 5.11. The van der Waals surface area contributed by atoms with Crippen molar-refractivity contribution < 1.29 is 0 Å². The van der Waals surface area contributed by atoms with E-state index >= 15 is 0 Å². The molecule has 0 amide bonds. The second-order valence-electron chi connectivity index (χ2n) is 5.35. The molecule has 2 heterocycles. The number of hydrogen-bond donors (Lipinski definition) is 0. The SMILES string of the molecule is Cc1cc(C)nc([C@@H]2CCCCN2C(C)C)n1. The van der Waals surface area contributed by atoms with Gasteiger partial charge in [0.1, 0.15) is 5.82 Å². The Kier molecular flexibility index (Phi) is 3.77. The predicted molar refractivity (Wildman–Crippen MR) is 69.9 cm³/mol. The van der Waals surface area contributed by atoms with Gasteiger partial charge in [0, 0.05) is 17.4 Å². The minimum atomic E-state index is 0.419. The van der Waals surface area contributed by atoms with Crippen LogP contribution in [-0.4, -0.2) is 27.5 Å². The van der Waals surface area contributed by atoms with Crippen LogP contribution in [-0.2, 0) is 0 Å². The van der Waals surface area contributed by atoms with Gasteiger partial charge in [-0.3, -0.25) is 4.90 Å². The fourth-order valence-electron chi connectivity index (χ4n) is 2.75. The second-order valence-corrected chi connectivity index (χ2v) is 5.35. The van der Waals surface area contributed by atoms with Crippen molar-refractivity contribution in [1.29, 1.82) is 0 Å². The normalized spacial score (nSPS) is 22.1. The van der Waals surface area contributed by atoms with Crippen LogP contribution < -0.4 is 0 Å². The largest absolute Gasteiger partial charge is 0.291 e. The van der Waals surface area contributed by atoms with Gasteiger partial charge in [0.2, 0.25) is 0 Å². The summed E-state index contributed by atoms with van der Waals surface area (Å²) < 4.78 is 0. The Labute approximate surface area is 104 Å². The Bertz CT molecular complexity index is 367. The van der Waals surface area contributed by atoms with E-state index in [1.807, 2.05) is 6.07 Å². The molecule has 0 unspecified atom stereocenters. The molecule has 1 aliphatic rings. The van der Waals surface area contributed by atoms with Crippen molar-refractivity contribution in [2.45, 2.75) is 59.0 Å². The molecule has 1 aliphatic heterocycles. The molecule has 0 N–H and O–H groups in total. The highest BCUT2D eigenvalue weighted by Crippen LogP contribution is 2.30. The number of hydrogen-bond acceptors (Lipinski definition) is 3. The maximum atomic E-state index is 4.64. The summed E-state index contributed by atoms with van der Waals surface area (Å²) in [4.78, 5) is 11.8. The van der Waals surface area contributed by atoms with Crippen LogP contribution in [0.1, 0.15) is 56.4 Å². The fourth-order valence-corrected chi connectivity index (χ4v) is 2.75. The van der Waals surface area contributed by atoms with Gasteiger partial charge in [-0.05, 0) is 53.1 Å². The predicted octanol–water partition coefficient (Wildman–Crippen LogP) is 3.03. The van der Waals surface area contributed by atoms with Crippen molar-refractivity contribution in [3.8, 4) is 0 Å². The summed E-state index contributed by atoms with van der Waals surface area (Å²) in [5.74, 6) is 1.02. The van der Waals surface area contributed by atoms with Crippen molar-refractivity contribution in [2.75, 3.05) is 6.54 Å². The smallest absolute Gasteiger partial charge is 0.145 e. The molecule has 1 fully saturated rings. The Morgan fingerprint density at radius 3 is 2.41 bits per heavy atom. The molecule has 3 heteroatoms. The number of likely N-dealkylation sites (tertiary alicyclic amines) is 1. The van der Waals surface area contributed by atoms with Gasteiger partial charge < -0.3 is 0 Å². The monoisotopic (exact) mass is 233 g/mol. The first-order valence-corrected chi connectivity index (χ1v) is 6.66. The lowest BCUT2D eigenvalue weighted by Crippen LogP contribution is -2.39. The van der Waals surface area contributed by atoms with E-state index in [4.69, 9.17) is 0 Å². The van der Waals surface area contributed by atoms with E-state index in [1.54, 1.807) is 0 Å². The van der Waals surface area contributed by atoms with Crippen molar-refractivity contribution in [3.05, 3.63) is 23.3 Å². The summed E-state index contributed by atoms with van der Waals surface area (Å²) in [6, 6.07) is 3.04. The molecule has 0 bridgehead atoms. The third-order valence-electron chi connectivity index (χ3n) is 3.51. The summed E-state index contributed by atoms with van der Waals surface area (Å²) in [6.07, 6.45) is 3.80. The quantitative estimate of drug-likeness (QED) is 0.786. The van der Waals surface area contributed by atoms with Crippen LogP contribution in [0.5, 0.6) is 0 Å². The maximum absolute atomic E-state index is 4.64. The Morgan fingerprint density at radius 2 is 1.82 bits per heavy atom. The first-order chi connectivity index (χ1) is 8.08. The molecule has 94 valence electrons. The lowest BCUT2D eigenvalue weighted by Gasteiger charge is -2.37. The van der Waals surface area contributed by atoms with Crippen molar-refractivity contribution in [3.63, 3.8) is 0 Å². The van der Waals surface area contributed by atoms with Crippen LogP contribution in [0.2, 0.25) is 0 Å². The molecule has 1 aromatic rings. The molecule has 0 aliphatic carbocycles. The first-order valence-electron chi connectivity index (χ1n) is 6.66. The van der Waals surface area contributed by atoms with Crippen molar-refractivity contribution in [1.82, 2.24) is 14.9 Å². The highest BCUT2D eigenvalue weighted by Gasteiger charge is 2.28. The van der Waals surface area contributed by atoms with Gasteiger partial charge in [0.15, 0.2) is 0 Å². The zero-order valence-corrected chi connectivity index (χ0v) is 11.4. The van der Waals surface area contributed by atoms with Crippen LogP contribution in [0.15, 0.2) is 6.07 Å². The van der Waals surface area contributed by atoms with Gasteiger partial charge in [-0.2, -0.15) is 0 Å². The number of piperidine rings is 1. The van der Waals surface area contributed by atoms with Crippen molar-refractivity contribution >= 4 is 0 Å². The maximum Gasteiger partial charge on any atom is 0.145 e. The average Bonchev–Trinajstić information content (AvgIpc) is 2.27. The second kappa shape index (κ2) is 5.13. The molecule has 1 atom stereocenters. The van der Waals surface area contributed by atoms with E-state index < -0.39 is 0 Å². The molecule has 17 heavy (non-hydrogen) atoms. The standard InChI is InChI=1S/C14H23N3/c1-10(2)17-8-6-5-7-13(17)14-15-11(3)9-12(4)16-14/h9-10,13H,5-8H2,1-4H3/t13-/m0/s1. The molecular formula is C14H23N3. The van der Waals surface area contributed by atoms with Gasteiger partial charge in [-0.1, -0.05) is 6.42 Å². The Balaban J connectivity index is 2.29.